The van der Waals surface area contributed by atoms with Crippen LogP contribution in [0.3, 0.4) is 0 Å². The van der Waals surface area contributed by atoms with Crippen LogP contribution < -0.4 is 0 Å². The lowest BCUT2D eigenvalue weighted by Crippen LogP contribution is -2.75. The smallest absolute Gasteiger partial charge is 0.302 e. The monoisotopic (exact) mass is 1120 g/mol. The fourth-order valence-electron chi connectivity index (χ4n) is 17.9. The molecule has 0 aromatic heterocycles. The Morgan fingerprint density at radius 3 is 1.85 bits per heavy atom. The van der Waals surface area contributed by atoms with Crippen molar-refractivity contribution in [3.05, 3.63) is 0 Å². The van der Waals surface area contributed by atoms with Gasteiger partial charge >= 0.3 is 5.97 Å². The maximum Gasteiger partial charge on any atom is 0.302 e. The van der Waals surface area contributed by atoms with Crippen LogP contribution >= 0.6 is 0 Å². The van der Waals surface area contributed by atoms with Crippen molar-refractivity contribution in [2.45, 2.75) is 241 Å². The molecule has 24 nitrogen and oxygen atoms in total. The highest BCUT2D eigenvalue weighted by atomic mass is 16.8. The van der Waals surface area contributed by atoms with E-state index in [0.717, 1.165) is 25.7 Å². The highest BCUT2D eigenvalue weighted by Crippen LogP contribution is 2.81. The summed E-state index contributed by atoms with van der Waals surface area (Å²) in [6.45, 7) is 12.2. The number of ether oxygens (including phenoxy) is 10. The maximum atomic E-state index is 12.6. The van der Waals surface area contributed by atoms with Crippen LogP contribution in [0.15, 0.2) is 0 Å². The summed E-state index contributed by atoms with van der Waals surface area (Å²) in [5.74, 6) is -0.457. The molecule has 1 spiro atoms. The van der Waals surface area contributed by atoms with Crippen LogP contribution in [0.25, 0.3) is 0 Å². The standard InChI is InChI=1S/C54H88O24/c1-23(58)72-33-16-48(2,3)14-30-53(33)22-71-54(30)13-9-29-49(4)11-10-32(50(5,21-57)28(49)8-12-51(29,6)52(54,7)15-31(53)60)76-46-42(37(64)27(20-70-46)75-45-41(68)38(65)35(62)25(17-55)73-45)78-47-43(39(66)36(63)26(18-56)74-47)77-44-40(67)34(61)24(59)19-69-44/h24-47,55-57,59-68H,8-22H2,1-7H3/t24-,25-,26-,27+,28-,29-,30-,31-,32+,33+,34+,35-,36-,37+,38+,39+,40-,41-,42-,43-,44+,45+,46+,47+,49+,50+,51-,52+,53+,54+/m1/s1. The van der Waals surface area contributed by atoms with Crippen molar-refractivity contribution < 1.29 is 119 Å². The molecule has 10 rings (SSSR count). The van der Waals surface area contributed by atoms with Gasteiger partial charge in [-0.1, -0.05) is 41.5 Å². The van der Waals surface area contributed by atoms with Crippen LogP contribution in [0.4, 0.5) is 0 Å². The summed E-state index contributed by atoms with van der Waals surface area (Å²) in [6, 6.07) is 0. The number of hydrogen-bond donors (Lipinski definition) is 13. The number of rotatable bonds is 12. The Balaban J connectivity index is 0.937. The van der Waals surface area contributed by atoms with E-state index in [1.807, 2.05) is 6.92 Å². The van der Waals surface area contributed by atoms with E-state index < -0.39 is 177 Å². The molecular formula is C54H88O24. The van der Waals surface area contributed by atoms with E-state index in [2.05, 4.69) is 34.6 Å². The fraction of sp³-hybridized carbons (Fsp3) is 0.981. The van der Waals surface area contributed by atoms with Crippen LogP contribution in [0, 0.1) is 50.2 Å². The van der Waals surface area contributed by atoms with E-state index >= 15 is 0 Å². The van der Waals surface area contributed by atoms with Crippen molar-refractivity contribution >= 4 is 5.97 Å². The first-order valence-corrected chi connectivity index (χ1v) is 28.2. The molecule has 0 radical (unpaired) electrons. The summed E-state index contributed by atoms with van der Waals surface area (Å²) in [7, 11) is 0. The summed E-state index contributed by atoms with van der Waals surface area (Å²) in [4.78, 5) is 12.6. The summed E-state index contributed by atoms with van der Waals surface area (Å²) in [5, 5.41) is 143. The molecule has 5 aliphatic carbocycles. The van der Waals surface area contributed by atoms with Gasteiger partial charge in [-0.05, 0) is 85.9 Å². The van der Waals surface area contributed by atoms with Crippen LogP contribution in [0.1, 0.15) is 106 Å². The first-order valence-electron chi connectivity index (χ1n) is 28.2. The van der Waals surface area contributed by atoms with Crippen molar-refractivity contribution in [1.29, 1.82) is 0 Å². The predicted octanol–water partition coefficient (Wildman–Crippen LogP) is -2.56. The van der Waals surface area contributed by atoms with Gasteiger partial charge in [0, 0.05) is 23.7 Å². The molecule has 78 heavy (non-hydrogen) atoms. The summed E-state index contributed by atoms with van der Waals surface area (Å²) in [6.07, 6.45) is -26.9. The van der Waals surface area contributed by atoms with Crippen molar-refractivity contribution in [2.24, 2.45) is 50.2 Å². The highest BCUT2D eigenvalue weighted by Gasteiger charge is 2.82. The zero-order valence-corrected chi connectivity index (χ0v) is 45.8. The van der Waals surface area contributed by atoms with Crippen molar-refractivity contribution in [3.63, 3.8) is 0 Å². The Labute approximate surface area is 454 Å². The van der Waals surface area contributed by atoms with Gasteiger partial charge in [-0.15, -0.1) is 0 Å². The molecule has 0 amide bonds. The van der Waals surface area contributed by atoms with E-state index in [-0.39, 0.29) is 46.6 Å². The van der Waals surface area contributed by atoms with Gasteiger partial charge < -0.3 is 114 Å². The minimum atomic E-state index is -1.93. The molecule has 10 aliphatic rings. The van der Waals surface area contributed by atoms with E-state index in [1.54, 1.807) is 0 Å². The molecule has 30 atom stereocenters. The Bertz CT molecular complexity index is 2140. The topological polar surface area (TPSA) is 372 Å². The second-order valence-electron chi connectivity index (χ2n) is 26.7. The number of carbonyl (C=O) groups is 1. The minimum Gasteiger partial charge on any atom is -0.462 e. The summed E-state index contributed by atoms with van der Waals surface area (Å²) >= 11 is 0. The van der Waals surface area contributed by atoms with Crippen LogP contribution in [0.5, 0.6) is 0 Å². The van der Waals surface area contributed by atoms with Crippen LogP contribution in [-0.4, -0.2) is 247 Å². The fourth-order valence-corrected chi connectivity index (χ4v) is 17.9. The quantitative estimate of drug-likeness (QED) is 0.0706. The first-order chi connectivity index (χ1) is 36.6. The molecular weight excluding hydrogens is 1030 g/mol. The van der Waals surface area contributed by atoms with Gasteiger partial charge in [0.2, 0.25) is 0 Å². The van der Waals surface area contributed by atoms with Gasteiger partial charge in [0.25, 0.3) is 0 Å². The van der Waals surface area contributed by atoms with Gasteiger partial charge in [-0.25, -0.2) is 0 Å². The van der Waals surface area contributed by atoms with Gasteiger partial charge in [-0.2, -0.15) is 0 Å². The molecule has 24 heteroatoms. The molecule has 5 heterocycles. The van der Waals surface area contributed by atoms with Gasteiger partial charge in [0.05, 0.1) is 62.9 Å². The second kappa shape index (κ2) is 21.3. The zero-order chi connectivity index (χ0) is 56.6. The first kappa shape index (κ1) is 59.7. The Morgan fingerprint density at radius 1 is 0.564 bits per heavy atom. The molecule has 0 aromatic rings. The predicted molar refractivity (Wildman–Crippen MR) is 263 cm³/mol. The molecule has 10 fully saturated rings. The minimum absolute atomic E-state index is 0.0528. The van der Waals surface area contributed by atoms with Gasteiger partial charge in [0.15, 0.2) is 25.2 Å². The number of carbonyl (C=O) groups excluding carboxylic acids is 1. The Kier molecular flexibility index (Phi) is 16.3. The molecule has 2 bridgehead atoms. The second-order valence-corrected chi connectivity index (χ2v) is 26.7. The van der Waals surface area contributed by atoms with Gasteiger partial charge in [-0.3, -0.25) is 4.79 Å². The Morgan fingerprint density at radius 2 is 1.18 bits per heavy atom. The van der Waals surface area contributed by atoms with Crippen LogP contribution in [0.2, 0.25) is 0 Å². The number of aliphatic hydroxyl groups is 13. The molecule has 0 unspecified atom stereocenters. The lowest BCUT2D eigenvalue weighted by Gasteiger charge is -2.75. The average Bonchev–Trinajstić information content (AvgIpc) is 2.10. The third-order valence-electron chi connectivity index (χ3n) is 22.3. The molecule has 5 saturated carbocycles. The maximum absolute atomic E-state index is 12.6. The van der Waals surface area contributed by atoms with E-state index in [9.17, 15) is 71.2 Å². The molecule has 5 aliphatic heterocycles. The van der Waals surface area contributed by atoms with E-state index in [1.165, 1.54) is 6.92 Å². The summed E-state index contributed by atoms with van der Waals surface area (Å²) in [5.41, 5.74) is -3.66. The van der Waals surface area contributed by atoms with Crippen molar-refractivity contribution in [3.8, 4) is 0 Å². The lowest BCUT2D eigenvalue weighted by molar-refractivity contribution is -0.397. The average molecular weight is 1120 g/mol. The van der Waals surface area contributed by atoms with Crippen LogP contribution in [-0.2, 0) is 52.2 Å². The molecule has 13 N–H and O–H groups in total. The molecule has 5 saturated heterocycles. The number of aliphatic hydroxyl groups excluding tert-OH is 13. The number of fused-ring (bicyclic) bond motifs is 4. The van der Waals surface area contributed by atoms with E-state index in [0.29, 0.717) is 38.7 Å². The lowest BCUT2D eigenvalue weighted by atomic mass is 9.30. The molecule has 0 aromatic carbocycles. The number of esters is 1. The Hall–Kier alpha value is -1.41. The van der Waals surface area contributed by atoms with Gasteiger partial charge in [0.1, 0.15) is 91.6 Å². The third-order valence-corrected chi connectivity index (χ3v) is 22.3. The van der Waals surface area contributed by atoms with Crippen molar-refractivity contribution in [2.75, 3.05) is 39.6 Å². The largest absolute Gasteiger partial charge is 0.462 e. The third kappa shape index (κ3) is 9.02. The SMILES string of the molecule is CC(=O)O[C@H]1CC(C)(C)C[C@@H]2[C@]13CO[C@@]21CC[C@@H]2[C@@]4(C)CC[C@H](O[C@@H]5OC[C@H](O[C@@H]6O[C@H](CO)[C@@H](O)[C@H](O)[C@H]6O)[C@H](O)[C@H]5O[C@@H]5O[C@H](CO)[C@@H](O)[C@H](O)[C@H]5O[C@@H]5OC[C@@H](O)[C@H](O)[C@H]5O)[C@@](C)(CO)[C@@H]4CC[C@@]2(C)[C@]1(C)C[C@H]3O. The zero-order valence-electron chi connectivity index (χ0n) is 45.8. The number of hydrogen-bond acceptors (Lipinski definition) is 24. The van der Waals surface area contributed by atoms with E-state index in [4.69, 9.17) is 47.4 Å². The summed E-state index contributed by atoms with van der Waals surface area (Å²) < 4.78 is 62.2. The molecule has 448 valence electrons. The normalized spacial score (nSPS) is 56.7. The van der Waals surface area contributed by atoms with Crippen molar-refractivity contribution in [1.82, 2.24) is 0 Å². The highest BCUT2D eigenvalue weighted by molar-refractivity contribution is 5.66.